The lowest BCUT2D eigenvalue weighted by Gasteiger charge is -2.31. The van der Waals surface area contributed by atoms with E-state index in [4.69, 9.17) is 0 Å². The van der Waals surface area contributed by atoms with Gasteiger partial charge in [-0.2, -0.15) is 23.5 Å². The van der Waals surface area contributed by atoms with Gasteiger partial charge in [0.1, 0.15) is 5.75 Å². The molecule has 0 spiro atoms. The Bertz CT molecular complexity index is 450. The molecule has 1 saturated heterocycles. The van der Waals surface area contributed by atoms with Crippen molar-refractivity contribution in [3.63, 3.8) is 0 Å². The predicted octanol–water partition coefficient (Wildman–Crippen LogP) is 4.08. The number of rotatable bonds is 5. The van der Waals surface area contributed by atoms with Crippen LogP contribution in [0.2, 0.25) is 0 Å². The third-order valence-electron chi connectivity index (χ3n) is 3.12. The Balaban J connectivity index is 2.26. The first-order valence-electron chi connectivity index (χ1n) is 6.78. The van der Waals surface area contributed by atoms with Crippen molar-refractivity contribution >= 4 is 23.5 Å². The molecule has 0 amide bonds. The molecule has 0 saturated carbocycles. The molecule has 2 nitrogen and oxygen atoms in total. The first-order valence-corrected chi connectivity index (χ1v) is 8.99. The largest absolute Gasteiger partial charge is 0.573 e. The Labute approximate surface area is 131 Å². The topological polar surface area (TPSA) is 21.3 Å². The van der Waals surface area contributed by atoms with Crippen molar-refractivity contribution in [1.82, 2.24) is 5.32 Å². The molecule has 7 heteroatoms. The summed E-state index contributed by atoms with van der Waals surface area (Å²) in [5, 5.41) is 3.56. The summed E-state index contributed by atoms with van der Waals surface area (Å²) in [4.78, 5) is 0. The van der Waals surface area contributed by atoms with E-state index in [-0.39, 0.29) is 17.0 Å². The van der Waals surface area contributed by atoms with Gasteiger partial charge < -0.3 is 10.1 Å². The first-order chi connectivity index (χ1) is 10.0. The maximum absolute atomic E-state index is 12.6. The lowest BCUT2D eigenvalue weighted by molar-refractivity contribution is -0.275. The Hall–Kier alpha value is -0.530. The van der Waals surface area contributed by atoms with Crippen LogP contribution in [0, 0.1) is 0 Å². The number of hydrogen-bond donors (Lipinski definition) is 1. The predicted molar refractivity (Wildman–Crippen MR) is 83.1 cm³/mol. The summed E-state index contributed by atoms with van der Waals surface area (Å²) >= 11 is 3.66. The van der Waals surface area contributed by atoms with Crippen LogP contribution in [0.4, 0.5) is 13.2 Å². The second kappa shape index (κ2) is 7.65. The number of thioether (sulfide) groups is 2. The fourth-order valence-electron chi connectivity index (χ4n) is 2.32. The zero-order chi connectivity index (χ0) is 15.3. The smallest absolute Gasteiger partial charge is 0.405 e. The molecule has 2 unspecified atom stereocenters. The van der Waals surface area contributed by atoms with Crippen LogP contribution in [0.5, 0.6) is 5.75 Å². The minimum Gasteiger partial charge on any atom is -0.405 e. The number of halogens is 3. The number of benzene rings is 1. The molecule has 2 rings (SSSR count). The molecule has 0 bridgehead atoms. The summed E-state index contributed by atoms with van der Waals surface area (Å²) in [5.41, 5.74) is 0.580. The molecule has 0 aromatic heterocycles. The van der Waals surface area contributed by atoms with Crippen LogP contribution in [0.15, 0.2) is 24.3 Å². The van der Waals surface area contributed by atoms with Crippen molar-refractivity contribution in [3.8, 4) is 5.75 Å². The number of para-hydroxylation sites is 1. The van der Waals surface area contributed by atoms with Crippen LogP contribution in [0.25, 0.3) is 0 Å². The highest BCUT2D eigenvalue weighted by molar-refractivity contribution is 8.06. The summed E-state index contributed by atoms with van der Waals surface area (Å²) in [6.45, 7) is 2.66. The Morgan fingerprint density at radius 1 is 1.33 bits per heavy atom. The molecule has 1 aliphatic rings. The van der Waals surface area contributed by atoms with Crippen molar-refractivity contribution in [2.75, 3.05) is 23.8 Å². The second-order valence-electron chi connectivity index (χ2n) is 4.61. The van der Waals surface area contributed by atoms with Gasteiger partial charge in [-0.3, -0.25) is 0 Å². The van der Waals surface area contributed by atoms with E-state index in [0.717, 1.165) is 17.3 Å². The molecule has 2 atom stereocenters. The van der Waals surface area contributed by atoms with Crippen LogP contribution < -0.4 is 10.1 Å². The van der Waals surface area contributed by atoms with E-state index in [1.165, 1.54) is 6.07 Å². The second-order valence-corrected chi connectivity index (χ2v) is 7.10. The molecular weight excluding hydrogens is 319 g/mol. The van der Waals surface area contributed by atoms with Gasteiger partial charge in [-0.05, 0) is 12.6 Å². The quantitative estimate of drug-likeness (QED) is 0.873. The van der Waals surface area contributed by atoms with Crippen LogP contribution in [0.1, 0.15) is 18.5 Å². The number of ether oxygens (including phenoxy) is 1. The van der Waals surface area contributed by atoms with Gasteiger partial charge in [0.2, 0.25) is 0 Å². The molecule has 1 fully saturated rings. The van der Waals surface area contributed by atoms with Gasteiger partial charge in [0, 0.05) is 34.1 Å². The lowest BCUT2D eigenvalue weighted by atomic mass is 10.0. The van der Waals surface area contributed by atoms with Crippen LogP contribution in [-0.4, -0.2) is 35.4 Å². The van der Waals surface area contributed by atoms with E-state index in [2.05, 4.69) is 10.1 Å². The molecule has 1 heterocycles. The highest BCUT2D eigenvalue weighted by Gasteiger charge is 2.34. The Kier molecular flexibility index (Phi) is 6.13. The molecular formula is C14H18F3NOS2. The molecule has 118 valence electrons. The summed E-state index contributed by atoms with van der Waals surface area (Å²) in [6, 6.07) is 6.29. The maximum atomic E-state index is 12.6. The molecule has 1 N–H and O–H groups in total. The highest BCUT2D eigenvalue weighted by Crippen LogP contribution is 2.38. The molecule has 0 aliphatic carbocycles. The summed E-state index contributed by atoms with van der Waals surface area (Å²) in [6.07, 6.45) is -4.67. The van der Waals surface area contributed by atoms with Crippen molar-refractivity contribution in [1.29, 1.82) is 0 Å². The Morgan fingerprint density at radius 2 is 2.10 bits per heavy atom. The highest BCUT2D eigenvalue weighted by atomic mass is 32.2. The zero-order valence-electron chi connectivity index (χ0n) is 11.7. The average molecular weight is 337 g/mol. The lowest BCUT2D eigenvalue weighted by Crippen LogP contribution is -2.34. The fourth-order valence-corrected chi connectivity index (χ4v) is 5.17. The van der Waals surface area contributed by atoms with Crippen molar-refractivity contribution in [2.24, 2.45) is 0 Å². The SMILES string of the molecule is CCNC(c1ccccc1OC(F)(F)F)C1CSCCS1. The van der Waals surface area contributed by atoms with E-state index in [0.29, 0.717) is 12.1 Å². The third-order valence-corrected chi connectivity index (χ3v) is 5.98. The van der Waals surface area contributed by atoms with Gasteiger partial charge in [0.25, 0.3) is 0 Å². The van der Waals surface area contributed by atoms with Crippen LogP contribution in [0.3, 0.4) is 0 Å². The van der Waals surface area contributed by atoms with Gasteiger partial charge in [0.05, 0.1) is 0 Å². The van der Waals surface area contributed by atoms with E-state index < -0.39 is 6.36 Å². The Morgan fingerprint density at radius 3 is 2.71 bits per heavy atom. The molecule has 1 aromatic carbocycles. The van der Waals surface area contributed by atoms with Gasteiger partial charge >= 0.3 is 6.36 Å². The van der Waals surface area contributed by atoms with Crippen molar-refractivity contribution in [2.45, 2.75) is 24.6 Å². The van der Waals surface area contributed by atoms with Crippen molar-refractivity contribution < 1.29 is 17.9 Å². The van der Waals surface area contributed by atoms with Crippen LogP contribution >= 0.6 is 23.5 Å². The van der Waals surface area contributed by atoms with E-state index in [1.54, 1.807) is 18.2 Å². The molecule has 21 heavy (non-hydrogen) atoms. The van der Waals surface area contributed by atoms with Crippen LogP contribution in [-0.2, 0) is 0 Å². The molecule has 1 aromatic rings. The van der Waals surface area contributed by atoms with E-state index >= 15 is 0 Å². The molecule has 1 aliphatic heterocycles. The fraction of sp³-hybridized carbons (Fsp3) is 0.571. The third kappa shape index (κ3) is 5.00. The average Bonchev–Trinajstić information content (AvgIpc) is 2.45. The monoisotopic (exact) mass is 337 g/mol. The van der Waals surface area contributed by atoms with Gasteiger partial charge in [-0.1, -0.05) is 25.1 Å². The van der Waals surface area contributed by atoms with Gasteiger partial charge in [-0.15, -0.1) is 13.2 Å². The standard InChI is InChI=1S/C14H18F3NOS2/c1-2-18-13(12-9-20-7-8-21-12)10-5-3-4-6-11(10)19-14(15,16)17/h3-6,12-13,18H,2,7-9H2,1H3. The summed E-state index contributed by atoms with van der Waals surface area (Å²) < 4.78 is 41.9. The number of alkyl halides is 3. The molecule has 0 radical (unpaired) electrons. The van der Waals surface area contributed by atoms with Gasteiger partial charge in [0.15, 0.2) is 0 Å². The summed E-state index contributed by atoms with van der Waals surface area (Å²) in [5.74, 6) is 2.95. The maximum Gasteiger partial charge on any atom is 0.573 e. The first kappa shape index (κ1) is 16.8. The van der Waals surface area contributed by atoms with E-state index in [9.17, 15) is 13.2 Å². The minimum absolute atomic E-state index is 0.105. The van der Waals surface area contributed by atoms with Gasteiger partial charge in [-0.25, -0.2) is 0 Å². The zero-order valence-corrected chi connectivity index (χ0v) is 13.3. The number of hydrogen-bond acceptors (Lipinski definition) is 4. The summed E-state index contributed by atoms with van der Waals surface area (Å²) in [7, 11) is 0. The minimum atomic E-state index is -4.67. The van der Waals surface area contributed by atoms with E-state index in [1.807, 2.05) is 30.4 Å². The number of nitrogens with one attached hydrogen (secondary N) is 1. The van der Waals surface area contributed by atoms with Crippen molar-refractivity contribution in [3.05, 3.63) is 29.8 Å². The normalized spacial score (nSPS) is 21.0.